The van der Waals surface area contributed by atoms with Crippen molar-refractivity contribution in [2.75, 3.05) is 0 Å². The largest absolute Gasteiger partial charge is 0.470 e. The van der Waals surface area contributed by atoms with Crippen molar-refractivity contribution in [1.82, 2.24) is 0 Å². The summed E-state index contributed by atoms with van der Waals surface area (Å²) in [6.45, 7) is 0. The molecule has 6 nitrogen and oxygen atoms in total. The number of halogens is 2. The maximum Gasteiger partial charge on any atom is 0.470 e. The molecule has 0 heterocycles. The van der Waals surface area contributed by atoms with Gasteiger partial charge in [-0.2, -0.15) is 8.42 Å². The molecule has 0 aromatic rings. The molecule has 0 spiro atoms. The predicted molar refractivity (Wildman–Crippen MR) is 36.1 cm³/mol. The van der Waals surface area contributed by atoms with Crippen LogP contribution in [0.1, 0.15) is 0 Å². The maximum absolute atomic E-state index is 10.0. The fraction of sp³-hybridized carbons (Fsp3) is 1.00. The summed E-state index contributed by atoms with van der Waals surface area (Å²) in [5, 5.41) is 9.76. The zero-order valence-electron chi connectivity index (χ0n) is 4.19. The molecule has 0 radical (unpaired) electrons. The molecule has 60 valence electrons. The summed E-state index contributed by atoms with van der Waals surface area (Å²) in [5.74, 6) is 0. The lowest BCUT2D eigenvalue weighted by atomic mass is 11.5. The van der Waals surface area contributed by atoms with Gasteiger partial charge in [-0.25, -0.2) is 0 Å². The molecule has 9 heteroatoms. The van der Waals surface area contributed by atoms with Gasteiger partial charge in [-0.3, -0.25) is 14.7 Å². The number of alkyl halides is 2. The van der Waals surface area contributed by atoms with Gasteiger partial charge in [-0.05, 0) is 11.6 Å². The molecule has 0 saturated heterocycles. The van der Waals surface area contributed by atoms with E-state index in [0.717, 1.165) is 0 Å². The second-order valence-corrected chi connectivity index (χ2v) is 5.66. The van der Waals surface area contributed by atoms with Crippen molar-refractivity contribution in [3.8, 4) is 0 Å². The van der Waals surface area contributed by atoms with E-state index in [1.54, 1.807) is 0 Å². The maximum atomic E-state index is 10.0. The van der Waals surface area contributed by atoms with Crippen LogP contribution in [-0.4, -0.2) is 21.1 Å². The van der Waals surface area contributed by atoms with Gasteiger partial charge in [-0.15, -0.1) is 0 Å². The highest BCUT2D eigenvalue weighted by atomic mass is 79.9. The Morgan fingerprint density at radius 2 is 2.00 bits per heavy atom. The molecule has 1 N–H and O–H groups in total. The summed E-state index contributed by atoms with van der Waals surface area (Å²) in [5.41, 5.74) is 0. The molecule has 0 aliphatic heterocycles. The standard InChI is InChI=1S/CHBrClNO5S/c2-1(3,4(5)6)10(7,8)9/h(H,7,8,9). The number of nitro groups is 1. The molecule has 0 bridgehead atoms. The van der Waals surface area contributed by atoms with E-state index in [0.29, 0.717) is 0 Å². The van der Waals surface area contributed by atoms with Gasteiger partial charge >= 0.3 is 13.4 Å². The summed E-state index contributed by atoms with van der Waals surface area (Å²) in [6, 6.07) is 0. The van der Waals surface area contributed by atoms with Crippen LogP contribution in [0, 0.1) is 10.1 Å². The van der Waals surface area contributed by atoms with Crippen LogP contribution >= 0.6 is 27.5 Å². The fourth-order valence-electron chi connectivity index (χ4n) is 0.0942. The highest BCUT2D eigenvalue weighted by Crippen LogP contribution is 2.29. The van der Waals surface area contributed by atoms with Gasteiger partial charge in [-0.1, -0.05) is 0 Å². The lowest BCUT2D eigenvalue weighted by molar-refractivity contribution is -0.486. The molecule has 0 fully saturated rings. The minimum atomic E-state index is -4.92. The van der Waals surface area contributed by atoms with E-state index in [4.69, 9.17) is 16.2 Å². The molecule has 0 aromatic carbocycles. The average Bonchev–Trinajstić information content (AvgIpc) is 1.62. The van der Waals surface area contributed by atoms with E-state index < -0.39 is 18.3 Å². The third-order valence-electron chi connectivity index (χ3n) is 0.523. The second kappa shape index (κ2) is 2.61. The molecule has 1 atom stereocenters. The van der Waals surface area contributed by atoms with E-state index in [2.05, 4.69) is 0 Å². The van der Waals surface area contributed by atoms with Gasteiger partial charge < -0.3 is 0 Å². The van der Waals surface area contributed by atoms with Crippen LogP contribution in [0.2, 0.25) is 0 Å². The van der Waals surface area contributed by atoms with Crippen molar-refractivity contribution in [3.63, 3.8) is 0 Å². The van der Waals surface area contributed by atoms with E-state index in [-0.39, 0.29) is 0 Å². The Hall–Kier alpha value is 0.0800. The van der Waals surface area contributed by atoms with Crippen molar-refractivity contribution in [3.05, 3.63) is 10.1 Å². The smallest absolute Gasteiger partial charge is 0.278 e. The summed E-state index contributed by atoms with van der Waals surface area (Å²) in [6.07, 6.45) is 0. The van der Waals surface area contributed by atoms with Crippen LogP contribution in [0.15, 0.2) is 0 Å². The quantitative estimate of drug-likeness (QED) is 0.253. The summed E-state index contributed by atoms with van der Waals surface area (Å²) in [4.78, 5) is 8.37. The Morgan fingerprint density at radius 1 is 1.70 bits per heavy atom. The third kappa shape index (κ3) is 1.78. The van der Waals surface area contributed by atoms with Crippen molar-refractivity contribution >= 4 is 37.6 Å². The molecule has 0 aliphatic carbocycles. The molecule has 0 saturated carbocycles. The van der Waals surface area contributed by atoms with Gasteiger partial charge in [0.05, 0.1) is 4.92 Å². The molecular weight excluding hydrogens is 253 g/mol. The zero-order chi connectivity index (χ0) is 8.58. The first-order valence-electron chi connectivity index (χ1n) is 1.69. The van der Waals surface area contributed by atoms with Gasteiger partial charge in [0.1, 0.15) is 0 Å². The van der Waals surface area contributed by atoms with E-state index in [1.165, 1.54) is 0 Å². The summed E-state index contributed by atoms with van der Waals surface area (Å²) >= 11 is 6.72. The Balaban J connectivity index is 4.95. The molecule has 1 unspecified atom stereocenters. The van der Waals surface area contributed by atoms with Crippen molar-refractivity contribution in [1.29, 1.82) is 0 Å². The van der Waals surface area contributed by atoms with Crippen LogP contribution in [0.4, 0.5) is 0 Å². The van der Waals surface area contributed by atoms with Gasteiger partial charge in [0.2, 0.25) is 0 Å². The fourth-order valence-corrected chi connectivity index (χ4v) is 0.283. The minimum absolute atomic E-state index is 1.39. The molecule has 0 aromatic heterocycles. The first-order chi connectivity index (χ1) is 4.19. The Bertz CT molecular complexity index is 244. The SMILES string of the molecule is O=[N+]([O-])C(Cl)(Br)S(=O)(=O)O. The molecule has 0 aliphatic rings. The van der Waals surface area contributed by atoms with E-state index in [9.17, 15) is 18.5 Å². The van der Waals surface area contributed by atoms with Crippen LogP contribution in [0.25, 0.3) is 0 Å². The normalized spacial score (nSPS) is 17.9. The predicted octanol–water partition coefficient (Wildman–Crippen LogP) is 0.396. The average molecular weight is 254 g/mol. The van der Waals surface area contributed by atoms with Gasteiger partial charge in [0.25, 0.3) is 0 Å². The number of rotatable bonds is 2. The summed E-state index contributed by atoms with van der Waals surface area (Å²) in [7, 11) is -4.92. The van der Waals surface area contributed by atoms with Gasteiger partial charge in [0, 0.05) is 15.9 Å². The lowest BCUT2D eigenvalue weighted by Crippen LogP contribution is -2.33. The van der Waals surface area contributed by atoms with Crippen molar-refractivity contribution in [2.24, 2.45) is 0 Å². The zero-order valence-corrected chi connectivity index (χ0v) is 7.35. The van der Waals surface area contributed by atoms with E-state index >= 15 is 0 Å². The highest BCUT2D eigenvalue weighted by molar-refractivity contribution is 9.12. The topological polar surface area (TPSA) is 97.5 Å². The van der Waals surface area contributed by atoms with Gasteiger partial charge in [0.15, 0.2) is 0 Å². The van der Waals surface area contributed by atoms with Crippen LogP contribution in [-0.2, 0) is 10.1 Å². The molecule has 0 rings (SSSR count). The highest BCUT2D eigenvalue weighted by Gasteiger charge is 2.51. The molecule has 0 amide bonds. The number of hydrogen-bond acceptors (Lipinski definition) is 4. The monoisotopic (exact) mass is 253 g/mol. The van der Waals surface area contributed by atoms with Crippen molar-refractivity contribution < 1.29 is 17.9 Å². The molecular formula is CHBrClNO5S. The Morgan fingerprint density at radius 3 is 2.00 bits per heavy atom. The third-order valence-corrected chi connectivity index (χ3v) is 3.53. The van der Waals surface area contributed by atoms with Crippen LogP contribution in [0.3, 0.4) is 0 Å². The van der Waals surface area contributed by atoms with E-state index in [1.807, 2.05) is 15.9 Å². The van der Waals surface area contributed by atoms with Crippen molar-refractivity contribution in [2.45, 2.75) is 3.24 Å². The van der Waals surface area contributed by atoms with Crippen LogP contribution in [0.5, 0.6) is 0 Å². The summed E-state index contributed by atoms with van der Waals surface area (Å²) < 4.78 is 25.1. The van der Waals surface area contributed by atoms with Crippen LogP contribution < -0.4 is 0 Å². The Labute approximate surface area is 69.2 Å². The Kier molecular flexibility index (Phi) is 2.63. The number of nitrogens with zero attached hydrogens (tertiary/aromatic N) is 1. The first kappa shape index (κ1) is 10.1. The molecule has 10 heavy (non-hydrogen) atoms. The first-order valence-corrected chi connectivity index (χ1v) is 4.30. The second-order valence-electron chi connectivity index (χ2n) is 1.22. The minimum Gasteiger partial charge on any atom is -0.278 e. The lowest BCUT2D eigenvalue weighted by Gasteiger charge is -2.04. The number of hydrogen-bond donors (Lipinski definition) is 1.